The zero-order chi connectivity index (χ0) is 17.4. The minimum atomic E-state index is -3.05. The fourth-order valence-electron chi connectivity index (χ4n) is 2.44. The largest absolute Gasteiger partial charge is 0.357 e. The molecule has 0 bridgehead atoms. The van der Waals surface area contributed by atoms with E-state index in [1.165, 1.54) is 4.31 Å². The van der Waals surface area contributed by atoms with Gasteiger partial charge in [-0.25, -0.2) is 17.7 Å². The van der Waals surface area contributed by atoms with Gasteiger partial charge in [-0.05, 0) is 31.4 Å². The van der Waals surface area contributed by atoms with Crippen molar-refractivity contribution in [3.63, 3.8) is 0 Å². The number of nitrogens with zero attached hydrogens (tertiary/aromatic N) is 3. The molecule has 0 aromatic carbocycles. The molecule has 2 N–H and O–H groups in total. The molecular formula is C15H25ClIN5O2S. The Labute approximate surface area is 171 Å². The quantitative estimate of drug-likeness (QED) is 0.256. The van der Waals surface area contributed by atoms with E-state index >= 15 is 0 Å². The summed E-state index contributed by atoms with van der Waals surface area (Å²) in [4.78, 5) is 8.49. The van der Waals surface area contributed by atoms with Crippen LogP contribution >= 0.6 is 35.6 Å². The Bertz CT molecular complexity index is 654. The molecule has 1 aliphatic heterocycles. The number of rotatable bonds is 7. The number of sulfonamides is 1. The van der Waals surface area contributed by atoms with Crippen molar-refractivity contribution in [2.24, 2.45) is 4.99 Å². The van der Waals surface area contributed by atoms with Crippen molar-refractivity contribution >= 4 is 51.6 Å². The van der Waals surface area contributed by atoms with Crippen LogP contribution < -0.4 is 10.6 Å². The highest BCUT2D eigenvalue weighted by Crippen LogP contribution is 2.12. The average molecular weight is 502 g/mol. The van der Waals surface area contributed by atoms with E-state index in [1.54, 1.807) is 12.3 Å². The Morgan fingerprint density at radius 3 is 2.80 bits per heavy atom. The Hall–Kier alpha value is -0.650. The maximum absolute atomic E-state index is 11.7. The summed E-state index contributed by atoms with van der Waals surface area (Å²) in [5, 5.41) is 6.88. The van der Waals surface area contributed by atoms with E-state index in [-0.39, 0.29) is 29.7 Å². The van der Waals surface area contributed by atoms with Crippen molar-refractivity contribution in [2.75, 3.05) is 38.5 Å². The zero-order valence-corrected chi connectivity index (χ0v) is 18.1. The molecule has 2 rings (SSSR count). The predicted molar refractivity (Wildman–Crippen MR) is 112 cm³/mol. The molecule has 1 aromatic rings. The second-order valence-corrected chi connectivity index (χ2v) is 7.97. The first-order valence-electron chi connectivity index (χ1n) is 8.11. The Kier molecular flexibility index (Phi) is 9.98. The van der Waals surface area contributed by atoms with E-state index in [1.807, 2.05) is 13.0 Å². The van der Waals surface area contributed by atoms with Crippen molar-refractivity contribution in [3.05, 3.63) is 29.0 Å². The van der Waals surface area contributed by atoms with Crippen LogP contribution in [-0.2, 0) is 16.4 Å². The molecule has 1 fully saturated rings. The standard InChI is InChI=1S/C15H24ClN5O2S.HI/c1-2-17-15(18-7-6-13-4-5-14(16)20-12-13)19-8-10-21-9-3-11-24(21,22)23;/h4-5,12H,2-3,6-11H2,1H3,(H2,17,18,19);1H. The van der Waals surface area contributed by atoms with Crippen LogP contribution in [0.4, 0.5) is 0 Å². The third kappa shape index (κ3) is 7.63. The van der Waals surface area contributed by atoms with Gasteiger partial charge in [0.1, 0.15) is 5.15 Å². The first kappa shape index (κ1) is 22.4. The lowest BCUT2D eigenvalue weighted by Gasteiger charge is -2.14. The van der Waals surface area contributed by atoms with Gasteiger partial charge < -0.3 is 10.6 Å². The topological polar surface area (TPSA) is 86.7 Å². The number of hydrogen-bond acceptors (Lipinski definition) is 4. The van der Waals surface area contributed by atoms with Gasteiger partial charge in [0, 0.05) is 32.4 Å². The van der Waals surface area contributed by atoms with Crippen molar-refractivity contribution in [3.8, 4) is 0 Å². The van der Waals surface area contributed by atoms with Crippen LogP contribution in [0, 0.1) is 0 Å². The summed E-state index contributed by atoms with van der Waals surface area (Å²) >= 11 is 5.77. The number of guanidine groups is 1. The molecule has 0 radical (unpaired) electrons. The number of aromatic nitrogens is 1. The van der Waals surface area contributed by atoms with Gasteiger partial charge in [-0.15, -0.1) is 24.0 Å². The van der Waals surface area contributed by atoms with E-state index < -0.39 is 10.0 Å². The van der Waals surface area contributed by atoms with Crippen LogP contribution in [0.25, 0.3) is 0 Å². The van der Waals surface area contributed by atoms with E-state index in [0.29, 0.717) is 43.7 Å². The van der Waals surface area contributed by atoms with Crippen molar-refractivity contribution in [2.45, 2.75) is 19.8 Å². The van der Waals surface area contributed by atoms with Crippen molar-refractivity contribution < 1.29 is 8.42 Å². The lowest BCUT2D eigenvalue weighted by molar-refractivity contribution is 0.452. The van der Waals surface area contributed by atoms with Crippen LogP contribution in [0.1, 0.15) is 18.9 Å². The molecule has 0 atom stereocenters. The maximum Gasteiger partial charge on any atom is 0.214 e. The first-order chi connectivity index (χ1) is 11.5. The lowest BCUT2D eigenvalue weighted by Crippen LogP contribution is -2.39. The van der Waals surface area contributed by atoms with Crippen LogP contribution in [0.5, 0.6) is 0 Å². The molecule has 0 unspecified atom stereocenters. The number of aliphatic imine (C=N–C) groups is 1. The smallest absolute Gasteiger partial charge is 0.214 e. The lowest BCUT2D eigenvalue weighted by atomic mass is 10.2. The van der Waals surface area contributed by atoms with Crippen molar-refractivity contribution in [1.29, 1.82) is 0 Å². The van der Waals surface area contributed by atoms with Gasteiger partial charge in [0.2, 0.25) is 10.0 Å². The van der Waals surface area contributed by atoms with Crippen LogP contribution in [-0.4, -0.2) is 62.1 Å². The van der Waals surface area contributed by atoms with Gasteiger partial charge >= 0.3 is 0 Å². The maximum atomic E-state index is 11.7. The number of hydrogen-bond donors (Lipinski definition) is 2. The minimum absolute atomic E-state index is 0. The molecule has 25 heavy (non-hydrogen) atoms. The summed E-state index contributed by atoms with van der Waals surface area (Å²) in [5.41, 5.74) is 1.09. The fraction of sp³-hybridized carbons (Fsp3) is 0.600. The second-order valence-electron chi connectivity index (χ2n) is 5.50. The van der Waals surface area contributed by atoms with Crippen LogP contribution in [0.3, 0.4) is 0 Å². The van der Waals surface area contributed by atoms with Gasteiger partial charge in [-0.3, -0.25) is 4.99 Å². The highest BCUT2D eigenvalue weighted by Gasteiger charge is 2.27. The molecule has 0 spiro atoms. The molecule has 142 valence electrons. The molecule has 10 heteroatoms. The first-order valence-corrected chi connectivity index (χ1v) is 10.1. The van der Waals surface area contributed by atoms with Crippen molar-refractivity contribution in [1.82, 2.24) is 19.9 Å². The monoisotopic (exact) mass is 501 g/mol. The Morgan fingerprint density at radius 1 is 1.40 bits per heavy atom. The SMILES string of the molecule is CCNC(=NCCN1CCCS1(=O)=O)NCCc1ccc(Cl)nc1.I. The zero-order valence-electron chi connectivity index (χ0n) is 14.2. The average Bonchev–Trinajstić information content (AvgIpc) is 2.88. The summed E-state index contributed by atoms with van der Waals surface area (Å²) < 4.78 is 25.0. The van der Waals surface area contributed by atoms with Gasteiger partial charge in [0.25, 0.3) is 0 Å². The summed E-state index contributed by atoms with van der Waals surface area (Å²) in [7, 11) is -3.05. The third-order valence-corrected chi connectivity index (χ3v) is 5.84. The molecule has 1 aliphatic rings. The van der Waals surface area contributed by atoms with E-state index in [9.17, 15) is 8.42 Å². The highest BCUT2D eigenvalue weighted by molar-refractivity contribution is 14.0. The fourth-order valence-corrected chi connectivity index (χ4v) is 4.07. The summed E-state index contributed by atoms with van der Waals surface area (Å²) in [6, 6.07) is 3.71. The van der Waals surface area contributed by atoms with Crippen LogP contribution in [0.2, 0.25) is 5.15 Å². The Balaban J connectivity index is 0.00000312. The number of halogens is 2. The van der Waals surface area contributed by atoms with E-state index in [4.69, 9.17) is 11.6 Å². The molecule has 1 aromatic heterocycles. The molecule has 1 saturated heterocycles. The van der Waals surface area contributed by atoms with Crippen LogP contribution in [0.15, 0.2) is 23.3 Å². The van der Waals surface area contributed by atoms with E-state index in [2.05, 4.69) is 20.6 Å². The summed E-state index contributed by atoms with van der Waals surface area (Å²) in [6.45, 7) is 4.92. The molecule has 2 heterocycles. The molecular weight excluding hydrogens is 477 g/mol. The summed E-state index contributed by atoms with van der Waals surface area (Å²) in [6.07, 6.45) is 3.26. The second kappa shape index (κ2) is 11.1. The van der Waals surface area contributed by atoms with Gasteiger partial charge in [-0.1, -0.05) is 17.7 Å². The van der Waals surface area contributed by atoms with Gasteiger partial charge in [0.15, 0.2) is 5.96 Å². The Morgan fingerprint density at radius 2 is 2.20 bits per heavy atom. The summed E-state index contributed by atoms with van der Waals surface area (Å²) in [5.74, 6) is 0.945. The van der Waals surface area contributed by atoms with E-state index in [0.717, 1.165) is 18.5 Å². The normalized spacial score (nSPS) is 17.1. The molecule has 0 aliphatic carbocycles. The molecule has 0 saturated carbocycles. The van der Waals surface area contributed by atoms with Gasteiger partial charge in [-0.2, -0.15) is 0 Å². The minimum Gasteiger partial charge on any atom is -0.357 e. The van der Waals surface area contributed by atoms with Gasteiger partial charge in [0.05, 0.1) is 12.3 Å². The number of pyridine rings is 1. The third-order valence-electron chi connectivity index (χ3n) is 3.66. The highest BCUT2D eigenvalue weighted by atomic mass is 127. The molecule has 7 nitrogen and oxygen atoms in total. The number of nitrogens with one attached hydrogen (secondary N) is 2. The molecule has 0 amide bonds. The predicted octanol–water partition coefficient (Wildman–Crippen LogP) is 1.49.